The number of benzene rings is 1. The molecule has 1 aromatic carbocycles. The molecule has 0 atom stereocenters. The molecular weight excluding hydrogens is 789 g/mol. The Morgan fingerprint density at radius 1 is 0.694 bits per heavy atom. The smallest absolute Gasteiger partial charge is 0.516 e. The van der Waals surface area contributed by atoms with Crippen molar-refractivity contribution in [3.8, 4) is 46.7 Å². The van der Waals surface area contributed by atoms with E-state index in [0.717, 1.165) is 51.4 Å². The van der Waals surface area contributed by atoms with Crippen molar-refractivity contribution in [3.63, 3.8) is 0 Å². The van der Waals surface area contributed by atoms with Crippen molar-refractivity contribution in [2.24, 2.45) is 0 Å². The van der Waals surface area contributed by atoms with Gasteiger partial charge in [0.25, 0.3) is 0 Å². The second-order valence-corrected chi connectivity index (χ2v) is 11.3. The van der Waals surface area contributed by atoms with E-state index in [1.54, 1.807) is 25.4 Å². The Balaban J connectivity index is 0.000000198. The number of aryl methyl sites for hydroxylation is 4. The van der Waals surface area contributed by atoms with Crippen LogP contribution in [0.2, 0.25) is 0 Å². The topological polar surface area (TPSA) is 92.8 Å². The van der Waals surface area contributed by atoms with Gasteiger partial charge in [0.1, 0.15) is 12.4 Å². The maximum atomic E-state index is 5.35. The first-order valence-corrected chi connectivity index (χ1v) is 15.5. The maximum Gasteiger partial charge on any atom is 1.00 e. The van der Waals surface area contributed by atoms with Gasteiger partial charge >= 0.3 is 19.8 Å². The fourth-order valence-electron chi connectivity index (χ4n) is 4.65. The fraction of sp³-hybridized carbons (Fsp3) is 0.256. The molecule has 0 saturated carbocycles. The Labute approximate surface area is 302 Å². The van der Waals surface area contributed by atoms with Gasteiger partial charge in [0.15, 0.2) is 11.6 Å². The first-order valence-electron chi connectivity index (χ1n) is 15.5. The third kappa shape index (κ3) is 9.95. The zero-order valence-corrected chi connectivity index (χ0v) is 32.1. The minimum Gasteiger partial charge on any atom is -0.516 e. The molecule has 6 aromatic rings. The van der Waals surface area contributed by atoms with Gasteiger partial charge in [-0.3, -0.25) is 0 Å². The van der Waals surface area contributed by atoms with E-state index < -0.39 is 0 Å². The van der Waals surface area contributed by atoms with Crippen molar-refractivity contribution < 1.29 is 29.3 Å². The van der Waals surface area contributed by atoms with Crippen LogP contribution in [-0.2, 0) is 19.8 Å². The number of aromatic nitrogens is 7. The molecule has 49 heavy (non-hydrogen) atoms. The van der Waals surface area contributed by atoms with Gasteiger partial charge in [-0.2, -0.15) is 10.2 Å². The molecule has 0 bridgehead atoms. The third-order valence-corrected chi connectivity index (χ3v) is 7.88. The number of pyridine rings is 3. The minimum absolute atomic E-state index is 0. The van der Waals surface area contributed by atoms with Crippen LogP contribution in [0, 0.1) is 73.8 Å². The summed E-state index contributed by atoms with van der Waals surface area (Å²) in [6.45, 7) is 16.7. The van der Waals surface area contributed by atoms with Crippen LogP contribution in [0.3, 0.4) is 0 Å². The predicted molar refractivity (Wildman–Crippen MR) is 190 cm³/mol. The first-order chi connectivity index (χ1) is 23.0. The second kappa shape index (κ2) is 17.9. The Kier molecular flexibility index (Phi) is 14.0. The van der Waals surface area contributed by atoms with Gasteiger partial charge in [0.05, 0.1) is 18.5 Å². The largest absolute Gasteiger partial charge is 1.00 e. The molecule has 0 amide bonds. The van der Waals surface area contributed by atoms with Crippen LogP contribution in [0.4, 0.5) is 0 Å². The van der Waals surface area contributed by atoms with E-state index in [1.807, 2.05) is 78.1 Å². The minimum atomic E-state index is 0. The van der Waals surface area contributed by atoms with Gasteiger partial charge in [-0.25, -0.2) is 19.3 Å². The Hall–Kier alpha value is -5.11. The van der Waals surface area contributed by atoms with Crippen molar-refractivity contribution in [1.82, 2.24) is 34.5 Å². The summed E-state index contributed by atoms with van der Waals surface area (Å²) in [6.07, 6.45) is 10.5. The van der Waals surface area contributed by atoms with Crippen LogP contribution < -0.4 is 9.47 Å². The van der Waals surface area contributed by atoms with Gasteiger partial charge < -0.3 is 14.5 Å². The molecule has 0 aliphatic carbocycles. The Morgan fingerprint density at radius 3 is 1.67 bits per heavy atom. The van der Waals surface area contributed by atoms with Crippen LogP contribution in [0.1, 0.15) is 45.0 Å². The van der Waals surface area contributed by atoms with E-state index in [1.165, 1.54) is 22.3 Å². The monoisotopic (exact) mass is 832 g/mol. The van der Waals surface area contributed by atoms with Gasteiger partial charge in [-0.15, -0.1) is 36.3 Å². The molecule has 0 unspecified atom stereocenters. The summed E-state index contributed by atoms with van der Waals surface area (Å²) in [5, 5.41) is 8.95. The molecule has 9 nitrogen and oxygen atoms in total. The van der Waals surface area contributed by atoms with Crippen molar-refractivity contribution in [3.05, 3.63) is 124 Å². The standard InChI is InChI=1S/C15H12NO2.2C12H15N3.Os/c1-3-9-18-14-7-8-16-15(11-14)12-5-4-6-13(10-12)17-2;2*1-8-5-6-13-12(7-8)15-11(4)9(2)10(3)14-15;/h1,4,6-8,10-11H,9H2,2H3;2*5-7H,1-4H3;/q-1;;;+1. The van der Waals surface area contributed by atoms with E-state index in [4.69, 9.17) is 15.9 Å². The molecule has 10 heteroatoms. The summed E-state index contributed by atoms with van der Waals surface area (Å²) in [5.41, 5.74) is 10.9. The van der Waals surface area contributed by atoms with E-state index in [2.05, 4.69) is 78.7 Å². The molecular formula is C39H42N7O2Os. The number of nitrogens with zero attached hydrogens (tertiary/aromatic N) is 7. The molecule has 253 valence electrons. The zero-order chi connectivity index (χ0) is 34.8. The molecule has 1 radical (unpaired) electrons. The molecule has 5 heterocycles. The zero-order valence-electron chi connectivity index (χ0n) is 29.5. The number of ether oxygens (including phenoxy) is 2. The van der Waals surface area contributed by atoms with Crippen LogP contribution in [0.15, 0.2) is 73.2 Å². The fourth-order valence-corrected chi connectivity index (χ4v) is 4.65. The Morgan fingerprint density at radius 2 is 1.22 bits per heavy atom. The number of hydrogen-bond acceptors (Lipinski definition) is 7. The maximum absolute atomic E-state index is 5.35. The first kappa shape index (κ1) is 38.3. The molecule has 0 N–H and O–H groups in total. The summed E-state index contributed by atoms with van der Waals surface area (Å²) in [5.74, 6) is 5.66. The number of terminal acetylenes is 1. The molecule has 0 aliphatic heterocycles. The third-order valence-electron chi connectivity index (χ3n) is 7.88. The van der Waals surface area contributed by atoms with Crippen molar-refractivity contribution in [2.75, 3.05) is 13.7 Å². The Bertz CT molecular complexity index is 1950. The summed E-state index contributed by atoms with van der Waals surface area (Å²) in [7, 11) is 1.62. The molecule has 0 fully saturated rings. The molecule has 0 aliphatic rings. The SMILES string of the molecule is C#CCOc1ccnc(-c2[c-]ccc(OC)c2)c1.Cc1ccnc(-n2nc(C)c(C)c2C)c1.Cc1ccnc(-n2nc(C)c(C)c2C)c1.[Os+]. The molecule has 5 aromatic heterocycles. The van der Waals surface area contributed by atoms with E-state index >= 15 is 0 Å². The molecule has 0 spiro atoms. The van der Waals surface area contributed by atoms with Gasteiger partial charge in [0, 0.05) is 35.7 Å². The summed E-state index contributed by atoms with van der Waals surface area (Å²) in [6, 6.07) is 20.2. The number of rotatable bonds is 6. The van der Waals surface area contributed by atoms with Crippen LogP contribution in [-0.4, -0.2) is 48.2 Å². The van der Waals surface area contributed by atoms with Gasteiger partial charge in [0.2, 0.25) is 0 Å². The van der Waals surface area contributed by atoms with Gasteiger partial charge in [-0.1, -0.05) is 5.92 Å². The van der Waals surface area contributed by atoms with Crippen LogP contribution in [0.5, 0.6) is 11.5 Å². The van der Waals surface area contributed by atoms with E-state index in [-0.39, 0.29) is 26.4 Å². The average Bonchev–Trinajstić information content (AvgIpc) is 3.51. The molecule has 0 saturated heterocycles. The number of hydrogen-bond donors (Lipinski definition) is 0. The van der Waals surface area contributed by atoms with E-state index in [0.29, 0.717) is 5.75 Å². The quantitative estimate of drug-likeness (QED) is 0.126. The van der Waals surface area contributed by atoms with E-state index in [9.17, 15) is 0 Å². The van der Waals surface area contributed by atoms with Crippen LogP contribution in [0.25, 0.3) is 22.9 Å². The summed E-state index contributed by atoms with van der Waals surface area (Å²) in [4.78, 5) is 12.9. The molecule has 6 rings (SSSR count). The predicted octanol–water partition coefficient (Wildman–Crippen LogP) is 7.57. The second-order valence-electron chi connectivity index (χ2n) is 11.3. The summed E-state index contributed by atoms with van der Waals surface area (Å²) < 4.78 is 14.3. The van der Waals surface area contributed by atoms with Gasteiger partial charge in [-0.05, 0) is 120 Å². The van der Waals surface area contributed by atoms with Crippen LogP contribution >= 0.6 is 0 Å². The normalized spacial score (nSPS) is 10.0. The number of methoxy groups -OCH3 is 1. The van der Waals surface area contributed by atoms with Crippen molar-refractivity contribution in [1.29, 1.82) is 0 Å². The summed E-state index contributed by atoms with van der Waals surface area (Å²) >= 11 is 0. The van der Waals surface area contributed by atoms with Crippen molar-refractivity contribution in [2.45, 2.75) is 55.4 Å². The average molecular weight is 831 g/mol. The van der Waals surface area contributed by atoms with Crippen molar-refractivity contribution >= 4 is 0 Å².